The van der Waals surface area contributed by atoms with Crippen molar-refractivity contribution in [2.24, 2.45) is 23.7 Å². The van der Waals surface area contributed by atoms with Crippen LogP contribution in [0.25, 0.3) is 0 Å². The zero-order chi connectivity index (χ0) is 12.3. The summed E-state index contributed by atoms with van der Waals surface area (Å²) in [5.74, 6) is 2.38. The van der Waals surface area contributed by atoms with Crippen LogP contribution < -0.4 is 0 Å². The van der Waals surface area contributed by atoms with Crippen molar-refractivity contribution in [3.63, 3.8) is 0 Å². The van der Waals surface area contributed by atoms with Crippen molar-refractivity contribution >= 4 is 11.6 Å². The fraction of sp³-hybridized carbons (Fsp3) is 0.857. The van der Waals surface area contributed by atoms with Gasteiger partial charge in [0.2, 0.25) is 0 Å². The van der Waals surface area contributed by atoms with Crippen molar-refractivity contribution in [2.45, 2.75) is 53.4 Å². The Balaban J connectivity index is 2.71. The molecule has 0 aromatic carbocycles. The van der Waals surface area contributed by atoms with E-state index in [4.69, 9.17) is 0 Å². The lowest BCUT2D eigenvalue weighted by molar-refractivity contribution is -0.121. The van der Waals surface area contributed by atoms with Gasteiger partial charge in [-0.25, -0.2) is 0 Å². The smallest absolute Gasteiger partial charge is 0.132 e. The molecule has 0 saturated heterocycles. The lowest BCUT2D eigenvalue weighted by Crippen LogP contribution is -2.21. The lowest BCUT2D eigenvalue weighted by atomic mass is 9.79. The van der Waals surface area contributed by atoms with Gasteiger partial charge >= 0.3 is 0 Å². The minimum atomic E-state index is 0.231. The predicted molar refractivity (Wildman–Crippen MR) is 65.1 cm³/mol. The van der Waals surface area contributed by atoms with Gasteiger partial charge in [-0.1, -0.05) is 13.8 Å². The Morgan fingerprint density at radius 3 is 2.19 bits per heavy atom. The van der Waals surface area contributed by atoms with Crippen LogP contribution in [0.1, 0.15) is 53.4 Å². The number of rotatable bonds is 3. The van der Waals surface area contributed by atoms with E-state index >= 15 is 0 Å². The molecule has 0 aromatic heterocycles. The van der Waals surface area contributed by atoms with Crippen LogP contribution in [0.4, 0.5) is 0 Å². The van der Waals surface area contributed by atoms with Crippen molar-refractivity contribution in [3.8, 4) is 0 Å². The first-order valence-electron chi connectivity index (χ1n) is 6.41. The Kier molecular flexibility index (Phi) is 4.69. The molecule has 0 N–H and O–H groups in total. The minimum Gasteiger partial charge on any atom is -0.300 e. The minimum absolute atomic E-state index is 0.231. The number of hydrogen-bond donors (Lipinski definition) is 0. The molecule has 0 heterocycles. The highest BCUT2D eigenvalue weighted by Crippen LogP contribution is 2.38. The van der Waals surface area contributed by atoms with E-state index in [1.807, 2.05) is 0 Å². The van der Waals surface area contributed by atoms with Crippen LogP contribution in [0.15, 0.2) is 0 Å². The molecule has 1 fully saturated rings. The Bertz CT molecular complexity index is 270. The third kappa shape index (κ3) is 3.43. The number of ketones is 2. The SMILES string of the molecule is CC(=O)CC1C(C)CCC(C(C)=O)CC1C. The van der Waals surface area contributed by atoms with Crippen molar-refractivity contribution < 1.29 is 9.59 Å². The van der Waals surface area contributed by atoms with Crippen LogP contribution in [0.3, 0.4) is 0 Å². The number of carbonyl (C=O) groups is 2. The van der Waals surface area contributed by atoms with Crippen LogP contribution in [0.2, 0.25) is 0 Å². The van der Waals surface area contributed by atoms with Gasteiger partial charge in [-0.2, -0.15) is 0 Å². The van der Waals surface area contributed by atoms with E-state index in [1.54, 1.807) is 13.8 Å². The summed E-state index contributed by atoms with van der Waals surface area (Å²) < 4.78 is 0. The van der Waals surface area contributed by atoms with Crippen molar-refractivity contribution in [2.75, 3.05) is 0 Å². The average Bonchev–Trinajstić information content (AvgIpc) is 2.30. The lowest BCUT2D eigenvalue weighted by Gasteiger charge is -2.26. The summed E-state index contributed by atoms with van der Waals surface area (Å²) >= 11 is 0. The second-order valence-corrected chi connectivity index (χ2v) is 5.65. The van der Waals surface area contributed by atoms with Gasteiger partial charge in [-0.05, 0) is 50.9 Å². The molecule has 1 rings (SSSR count). The van der Waals surface area contributed by atoms with Crippen LogP contribution in [0, 0.1) is 23.7 Å². The van der Waals surface area contributed by atoms with Gasteiger partial charge in [-0.15, -0.1) is 0 Å². The molecule has 1 saturated carbocycles. The molecule has 0 bridgehead atoms. The third-order valence-corrected chi connectivity index (χ3v) is 4.19. The van der Waals surface area contributed by atoms with Crippen LogP contribution >= 0.6 is 0 Å². The van der Waals surface area contributed by atoms with Gasteiger partial charge in [0.1, 0.15) is 11.6 Å². The summed E-state index contributed by atoms with van der Waals surface area (Å²) in [4.78, 5) is 22.7. The van der Waals surface area contributed by atoms with E-state index in [0.29, 0.717) is 30.0 Å². The third-order valence-electron chi connectivity index (χ3n) is 4.19. The molecule has 0 amide bonds. The van der Waals surface area contributed by atoms with Gasteiger partial charge in [0.25, 0.3) is 0 Å². The Labute approximate surface area is 98.8 Å². The maximum atomic E-state index is 11.5. The summed E-state index contributed by atoms with van der Waals surface area (Å²) in [6.45, 7) is 7.80. The second-order valence-electron chi connectivity index (χ2n) is 5.65. The van der Waals surface area contributed by atoms with Gasteiger partial charge in [0.05, 0.1) is 0 Å². The highest BCUT2D eigenvalue weighted by molar-refractivity contribution is 5.78. The highest BCUT2D eigenvalue weighted by atomic mass is 16.1. The van der Waals surface area contributed by atoms with Crippen molar-refractivity contribution in [1.82, 2.24) is 0 Å². The van der Waals surface area contributed by atoms with Gasteiger partial charge < -0.3 is 4.79 Å². The Morgan fingerprint density at radius 1 is 1.06 bits per heavy atom. The molecule has 1 aliphatic rings. The second kappa shape index (κ2) is 5.60. The van der Waals surface area contributed by atoms with E-state index < -0.39 is 0 Å². The zero-order valence-corrected chi connectivity index (χ0v) is 11.0. The molecule has 0 radical (unpaired) electrons. The van der Waals surface area contributed by atoms with E-state index in [-0.39, 0.29) is 11.7 Å². The van der Waals surface area contributed by atoms with Gasteiger partial charge in [-0.3, -0.25) is 4.79 Å². The maximum absolute atomic E-state index is 11.5. The molecule has 2 heteroatoms. The highest BCUT2D eigenvalue weighted by Gasteiger charge is 2.32. The van der Waals surface area contributed by atoms with Crippen molar-refractivity contribution in [3.05, 3.63) is 0 Å². The van der Waals surface area contributed by atoms with Crippen LogP contribution in [0.5, 0.6) is 0 Å². The molecule has 16 heavy (non-hydrogen) atoms. The quantitative estimate of drug-likeness (QED) is 0.690. The standard InChI is InChI=1S/C14H24O2/c1-9-5-6-13(12(4)16)7-10(2)14(9)8-11(3)15/h9-10,13-14H,5-8H2,1-4H3. The summed E-state index contributed by atoms with van der Waals surface area (Å²) in [5.41, 5.74) is 0. The fourth-order valence-corrected chi connectivity index (χ4v) is 3.08. The fourth-order valence-electron chi connectivity index (χ4n) is 3.08. The largest absolute Gasteiger partial charge is 0.300 e. The summed E-state index contributed by atoms with van der Waals surface area (Å²) in [5, 5.41) is 0. The molecule has 2 nitrogen and oxygen atoms in total. The zero-order valence-electron chi connectivity index (χ0n) is 11.0. The molecule has 4 atom stereocenters. The average molecular weight is 224 g/mol. The molecular weight excluding hydrogens is 200 g/mol. The van der Waals surface area contributed by atoms with Crippen LogP contribution in [-0.4, -0.2) is 11.6 Å². The van der Waals surface area contributed by atoms with Crippen molar-refractivity contribution in [1.29, 1.82) is 0 Å². The summed E-state index contributed by atoms with van der Waals surface area (Å²) in [7, 11) is 0. The monoisotopic (exact) mass is 224 g/mol. The first-order valence-corrected chi connectivity index (χ1v) is 6.41. The number of hydrogen-bond acceptors (Lipinski definition) is 2. The molecule has 92 valence electrons. The Hall–Kier alpha value is -0.660. The summed E-state index contributed by atoms with van der Waals surface area (Å²) in [6.07, 6.45) is 3.76. The predicted octanol–water partition coefficient (Wildman–Crippen LogP) is 3.24. The van der Waals surface area contributed by atoms with Gasteiger partial charge in [0, 0.05) is 12.3 Å². The summed E-state index contributed by atoms with van der Waals surface area (Å²) in [6, 6.07) is 0. The van der Waals surface area contributed by atoms with E-state index in [0.717, 1.165) is 19.3 Å². The van der Waals surface area contributed by atoms with E-state index in [1.165, 1.54) is 0 Å². The molecule has 4 unspecified atom stereocenters. The molecule has 0 spiro atoms. The van der Waals surface area contributed by atoms with E-state index in [9.17, 15) is 9.59 Å². The Morgan fingerprint density at radius 2 is 1.69 bits per heavy atom. The molecule has 1 aliphatic carbocycles. The molecule has 0 aromatic rings. The van der Waals surface area contributed by atoms with Crippen LogP contribution in [-0.2, 0) is 9.59 Å². The molecular formula is C14H24O2. The number of carbonyl (C=O) groups excluding carboxylic acids is 2. The first kappa shape index (κ1) is 13.4. The first-order chi connectivity index (χ1) is 7.41. The number of Topliss-reactive ketones (excluding diaryl/α,β-unsaturated/α-hetero) is 2. The topological polar surface area (TPSA) is 34.1 Å². The normalized spacial score (nSPS) is 35.5. The van der Waals surface area contributed by atoms with E-state index in [2.05, 4.69) is 13.8 Å². The maximum Gasteiger partial charge on any atom is 0.132 e. The van der Waals surface area contributed by atoms with Gasteiger partial charge in [0.15, 0.2) is 0 Å². The molecule has 0 aliphatic heterocycles.